The summed E-state index contributed by atoms with van der Waals surface area (Å²) in [5, 5.41) is 16.1. The second kappa shape index (κ2) is 9.90. The molecule has 0 aliphatic carbocycles. The average Bonchev–Trinajstić information content (AvgIpc) is 3.05. The standard InChI is InChI=1S/C18H22N4O5S/c1-12-5-6-14(9-15(12)22(25)26)17(24)21(7-4-8-27-3)10-16(23)20-18-19-13(2)11-28-18/h5-6,9,11H,4,7-8,10H2,1-3H3,(H,19,20,23). The Morgan fingerprint density at radius 3 is 2.71 bits per heavy atom. The first-order chi connectivity index (χ1) is 13.3. The lowest BCUT2D eigenvalue weighted by Crippen LogP contribution is -2.39. The number of nitro groups is 1. The van der Waals surface area contributed by atoms with E-state index in [1.807, 2.05) is 12.3 Å². The minimum atomic E-state index is -0.529. The van der Waals surface area contributed by atoms with Gasteiger partial charge in [-0.25, -0.2) is 4.98 Å². The summed E-state index contributed by atoms with van der Waals surface area (Å²) in [6, 6.07) is 4.29. The molecule has 1 N–H and O–H groups in total. The highest BCUT2D eigenvalue weighted by molar-refractivity contribution is 7.13. The topological polar surface area (TPSA) is 115 Å². The Balaban J connectivity index is 2.16. The number of carbonyl (C=O) groups is 2. The molecule has 0 saturated heterocycles. The molecule has 9 nitrogen and oxygen atoms in total. The van der Waals surface area contributed by atoms with Crippen molar-refractivity contribution < 1.29 is 19.2 Å². The number of aryl methyl sites for hydroxylation is 2. The minimum Gasteiger partial charge on any atom is -0.385 e. The molecule has 0 atom stereocenters. The Bertz CT molecular complexity index is 867. The van der Waals surface area contributed by atoms with Crippen LogP contribution in [0, 0.1) is 24.0 Å². The monoisotopic (exact) mass is 406 g/mol. The van der Waals surface area contributed by atoms with Gasteiger partial charge in [-0.2, -0.15) is 0 Å². The maximum absolute atomic E-state index is 12.9. The number of hydrogen-bond acceptors (Lipinski definition) is 7. The number of nitrogens with zero attached hydrogens (tertiary/aromatic N) is 3. The summed E-state index contributed by atoms with van der Waals surface area (Å²) in [6.45, 7) is 3.93. The van der Waals surface area contributed by atoms with Crippen molar-refractivity contribution in [3.63, 3.8) is 0 Å². The Hall–Kier alpha value is -2.85. The lowest BCUT2D eigenvalue weighted by atomic mass is 10.1. The normalized spacial score (nSPS) is 10.5. The number of nitrogens with one attached hydrogen (secondary N) is 1. The average molecular weight is 406 g/mol. The third-order valence-electron chi connectivity index (χ3n) is 3.92. The molecule has 28 heavy (non-hydrogen) atoms. The van der Waals surface area contributed by atoms with Gasteiger partial charge in [0.2, 0.25) is 5.91 Å². The molecule has 0 aliphatic rings. The molecule has 10 heteroatoms. The maximum atomic E-state index is 12.9. The summed E-state index contributed by atoms with van der Waals surface area (Å²) >= 11 is 1.30. The van der Waals surface area contributed by atoms with Crippen LogP contribution in [0.3, 0.4) is 0 Å². The molecule has 0 radical (unpaired) electrons. The second-order valence-corrected chi connectivity index (χ2v) is 7.03. The summed E-state index contributed by atoms with van der Waals surface area (Å²) in [6.07, 6.45) is 0.528. The summed E-state index contributed by atoms with van der Waals surface area (Å²) in [4.78, 5) is 41.4. The van der Waals surface area contributed by atoms with E-state index in [9.17, 15) is 19.7 Å². The number of amides is 2. The van der Waals surface area contributed by atoms with Crippen molar-refractivity contribution in [2.75, 3.05) is 32.1 Å². The number of ether oxygens (including phenoxy) is 1. The summed E-state index contributed by atoms with van der Waals surface area (Å²) in [5.74, 6) is -0.841. The molecule has 2 amide bonds. The lowest BCUT2D eigenvalue weighted by Gasteiger charge is -2.22. The SMILES string of the molecule is COCCCN(CC(=O)Nc1nc(C)cs1)C(=O)c1ccc(C)c([N+](=O)[O-])c1. The second-order valence-electron chi connectivity index (χ2n) is 6.17. The third-order valence-corrected chi connectivity index (χ3v) is 4.79. The molecule has 2 rings (SSSR count). The van der Waals surface area contributed by atoms with Crippen molar-refractivity contribution in [2.45, 2.75) is 20.3 Å². The van der Waals surface area contributed by atoms with E-state index in [0.717, 1.165) is 5.69 Å². The van der Waals surface area contributed by atoms with Crippen LogP contribution >= 0.6 is 11.3 Å². The van der Waals surface area contributed by atoms with Crippen molar-refractivity contribution in [2.24, 2.45) is 0 Å². The van der Waals surface area contributed by atoms with Crippen LogP contribution in [0.4, 0.5) is 10.8 Å². The van der Waals surface area contributed by atoms with Crippen molar-refractivity contribution in [3.8, 4) is 0 Å². The van der Waals surface area contributed by atoms with Gasteiger partial charge in [-0.05, 0) is 26.3 Å². The van der Waals surface area contributed by atoms with E-state index in [2.05, 4.69) is 10.3 Å². The quantitative estimate of drug-likeness (QED) is 0.389. The molecule has 1 aromatic heterocycles. The predicted molar refractivity (Wildman–Crippen MR) is 106 cm³/mol. The highest BCUT2D eigenvalue weighted by Gasteiger charge is 2.22. The molecular formula is C18H22N4O5S. The van der Waals surface area contributed by atoms with Crippen molar-refractivity contribution in [1.29, 1.82) is 0 Å². The first-order valence-corrected chi connectivity index (χ1v) is 9.45. The minimum absolute atomic E-state index is 0.134. The zero-order chi connectivity index (χ0) is 20.7. The predicted octanol–water partition coefficient (Wildman–Crippen LogP) is 2.79. The molecule has 150 valence electrons. The van der Waals surface area contributed by atoms with Gasteiger partial charge >= 0.3 is 0 Å². The fraction of sp³-hybridized carbons (Fsp3) is 0.389. The highest BCUT2D eigenvalue weighted by atomic mass is 32.1. The molecular weight excluding hydrogens is 384 g/mol. The first-order valence-electron chi connectivity index (χ1n) is 8.57. The molecule has 1 heterocycles. The van der Waals surface area contributed by atoms with E-state index in [1.165, 1.54) is 34.4 Å². The number of carbonyl (C=O) groups excluding carboxylic acids is 2. The highest BCUT2D eigenvalue weighted by Crippen LogP contribution is 2.20. The first kappa shape index (κ1) is 21.5. The van der Waals surface area contributed by atoms with Gasteiger partial charge in [0.1, 0.15) is 6.54 Å². The van der Waals surface area contributed by atoms with Crippen LogP contribution in [0.25, 0.3) is 0 Å². The van der Waals surface area contributed by atoms with Crippen LogP contribution in [-0.2, 0) is 9.53 Å². The molecule has 0 bridgehead atoms. The number of benzene rings is 1. The van der Waals surface area contributed by atoms with E-state index >= 15 is 0 Å². The van der Waals surface area contributed by atoms with Crippen molar-refractivity contribution >= 4 is 34.0 Å². The van der Waals surface area contributed by atoms with Crippen LogP contribution in [0.15, 0.2) is 23.6 Å². The Morgan fingerprint density at radius 1 is 1.36 bits per heavy atom. The summed E-state index contributed by atoms with van der Waals surface area (Å²) in [7, 11) is 1.55. The van der Waals surface area contributed by atoms with Crippen LogP contribution in [0.2, 0.25) is 0 Å². The Labute approximate surface area is 166 Å². The largest absolute Gasteiger partial charge is 0.385 e. The smallest absolute Gasteiger partial charge is 0.273 e. The van der Waals surface area contributed by atoms with Gasteiger partial charge < -0.3 is 15.0 Å². The Kier molecular flexibility index (Phi) is 7.59. The van der Waals surface area contributed by atoms with Gasteiger partial charge in [-0.3, -0.25) is 19.7 Å². The lowest BCUT2D eigenvalue weighted by molar-refractivity contribution is -0.385. The molecule has 0 spiro atoms. The van der Waals surface area contributed by atoms with Gasteiger partial charge in [-0.15, -0.1) is 11.3 Å². The van der Waals surface area contributed by atoms with E-state index in [-0.39, 0.29) is 30.2 Å². The number of thiazole rings is 1. The van der Waals surface area contributed by atoms with Crippen LogP contribution in [-0.4, -0.2) is 53.4 Å². The van der Waals surface area contributed by atoms with Gasteiger partial charge in [0.15, 0.2) is 5.13 Å². The number of hydrogen-bond donors (Lipinski definition) is 1. The van der Waals surface area contributed by atoms with E-state index in [0.29, 0.717) is 23.7 Å². The van der Waals surface area contributed by atoms with Crippen molar-refractivity contribution in [1.82, 2.24) is 9.88 Å². The van der Waals surface area contributed by atoms with Gasteiger partial charge in [-0.1, -0.05) is 6.07 Å². The van der Waals surface area contributed by atoms with Gasteiger partial charge in [0.25, 0.3) is 11.6 Å². The fourth-order valence-electron chi connectivity index (χ4n) is 2.52. The van der Waals surface area contributed by atoms with Crippen LogP contribution < -0.4 is 5.32 Å². The van der Waals surface area contributed by atoms with E-state index in [1.54, 1.807) is 14.0 Å². The van der Waals surface area contributed by atoms with Crippen LogP contribution in [0.1, 0.15) is 28.0 Å². The maximum Gasteiger partial charge on any atom is 0.273 e. The number of nitro benzene ring substituents is 1. The van der Waals surface area contributed by atoms with Crippen LogP contribution in [0.5, 0.6) is 0 Å². The number of methoxy groups -OCH3 is 1. The van der Waals surface area contributed by atoms with Crippen molar-refractivity contribution in [3.05, 3.63) is 50.5 Å². The third kappa shape index (κ3) is 5.83. The Morgan fingerprint density at radius 2 is 2.11 bits per heavy atom. The number of anilines is 1. The molecule has 1 aromatic carbocycles. The zero-order valence-corrected chi connectivity index (χ0v) is 16.7. The summed E-state index contributed by atoms with van der Waals surface area (Å²) in [5.41, 5.74) is 1.28. The zero-order valence-electron chi connectivity index (χ0n) is 15.9. The molecule has 0 aliphatic heterocycles. The van der Waals surface area contributed by atoms with Gasteiger partial charge in [0, 0.05) is 42.8 Å². The van der Waals surface area contributed by atoms with E-state index < -0.39 is 10.8 Å². The fourth-order valence-corrected chi connectivity index (χ4v) is 3.22. The number of aromatic nitrogens is 1. The molecule has 2 aromatic rings. The van der Waals surface area contributed by atoms with Gasteiger partial charge in [0.05, 0.1) is 10.6 Å². The molecule has 0 saturated carbocycles. The summed E-state index contributed by atoms with van der Waals surface area (Å²) < 4.78 is 5.01. The number of rotatable bonds is 9. The van der Waals surface area contributed by atoms with E-state index in [4.69, 9.17) is 4.74 Å². The molecule has 0 fully saturated rings. The molecule has 0 unspecified atom stereocenters.